The third kappa shape index (κ3) is 4.20. The molecule has 0 bridgehead atoms. The van der Waals surface area contributed by atoms with Gasteiger partial charge < -0.3 is 9.47 Å². The van der Waals surface area contributed by atoms with Crippen LogP contribution in [-0.4, -0.2) is 22.6 Å². The van der Waals surface area contributed by atoms with Crippen molar-refractivity contribution in [1.82, 2.24) is 0 Å². The molecule has 0 unspecified atom stereocenters. The van der Waals surface area contributed by atoms with Crippen LogP contribution < -0.4 is 14.2 Å². The Morgan fingerprint density at radius 3 is 1.79 bits per heavy atom. The summed E-state index contributed by atoms with van der Waals surface area (Å²) < 4.78 is 38.0. The van der Waals surface area contributed by atoms with E-state index in [1.807, 2.05) is 12.1 Å². The lowest BCUT2D eigenvalue weighted by molar-refractivity contribution is 0.395. The van der Waals surface area contributed by atoms with Gasteiger partial charge in [0.1, 0.15) is 11.5 Å². The number of nitrogens with one attached hydrogen (secondary N) is 1. The normalized spacial score (nSPS) is 11.9. The minimum atomic E-state index is -3.69. The van der Waals surface area contributed by atoms with Gasteiger partial charge in [-0.05, 0) is 23.1 Å². The standard InChI is InChI=1S/C18H23NO4S/c1-18(2,3)13-6-8-17(9-7-13)24(20,21)19-14-10-15(22-4)12-16(11-14)23-5/h6-12,19H,1-5H3. The number of hydrogen-bond donors (Lipinski definition) is 1. The lowest BCUT2D eigenvalue weighted by atomic mass is 9.87. The second-order valence-electron chi connectivity index (χ2n) is 6.48. The molecule has 24 heavy (non-hydrogen) atoms. The van der Waals surface area contributed by atoms with Gasteiger partial charge in [-0.3, -0.25) is 4.72 Å². The van der Waals surface area contributed by atoms with Gasteiger partial charge in [-0.25, -0.2) is 8.42 Å². The summed E-state index contributed by atoms with van der Waals surface area (Å²) in [5.74, 6) is 1.02. The van der Waals surface area contributed by atoms with Crippen LogP contribution in [0.2, 0.25) is 0 Å². The summed E-state index contributed by atoms with van der Waals surface area (Å²) in [6, 6.07) is 11.8. The molecule has 2 aromatic rings. The average Bonchev–Trinajstić information content (AvgIpc) is 2.53. The summed E-state index contributed by atoms with van der Waals surface area (Å²) in [6.07, 6.45) is 0. The molecular formula is C18H23NO4S. The van der Waals surface area contributed by atoms with Gasteiger partial charge in [0.05, 0.1) is 24.8 Å². The van der Waals surface area contributed by atoms with Crippen LogP contribution in [0, 0.1) is 0 Å². The van der Waals surface area contributed by atoms with Gasteiger partial charge in [-0.15, -0.1) is 0 Å². The van der Waals surface area contributed by atoms with Crippen molar-refractivity contribution in [2.24, 2.45) is 0 Å². The fourth-order valence-electron chi connectivity index (χ4n) is 2.21. The summed E-state index contributed by atoms with van der Waals surface area (Å²) in [5, 5.41) is 0. The van der Waals surface area contributed by atoms with Crippen LogP contribution in [0.3, 0.4) is 0 Å². The first-order chi connectivity index (χ1) is 11.2. The number of anilines is 1. The highest BCUT2D eigenvalue weighted by Gasteiger charge is 2.18. The molecule has 2 rings (SSSR count). The summed E-state index contributed by atoms with van der Waals surface area (Å²) in [4.78, 5) is 0.206. The molecule has 0 aliphatic rings. The lowest BCUT2D eigenvalue weighted by Crippen LogP contribution is -2.15. The lowest BCUT2D eigenvalue weighted by Gasteiger charge is -2.19. The Kier molecular flexibility index (Phi) is 5.08. The second-order valence-corrected chi connectivity index (χ2v) is 8.16. The zero-order chi connectivity index (χ0) is 18.0. The first-order valence-corrected chi connectivity index (χ1v) is 9.00. The van der Waals surface area contributed by atoms with E-state index in [0.717, 1.165) is 5.56 Å². The Hall–Kier alpha value is -2.21. The highest BCUT2D eigenvalue weighted by molar-refractivity contribution is 7.92. The average molecular weight is 349 g/mol. The van der Waals surface area contributed by atoms with Crippen LogP contribution in [0.1, 0.15) is 26.3 Å². The summed E-state index contributed by atoms with van der Waals surface area (Å²) in [5.41, 5.74) is 1.42. The predicted molar refractivity (Wildman–Crippen MR) is 95.5 cm³/mol. The zero-order valence-corrected chi connectivity index (χ0v) is 15.4. The van der Waals surface area contributed by atoms with Crippen LogP contribution in [-0.2, 0) is 15.4 Å². The number of hydrogen-bond acceptors (Lipinski definition) is 4. The second kappa shape index (κ2) is 6.73. The smallest absolute Gasteiger partial charge is 0.261 e. The van der Waals surface area contributed by atoms with Crippen LogP contribution in [0.15, 0.2) is 47.4 Å². The predicted octanol–water partition coefficient (Wildman–Crippen LogP) is 3.80. The highest BCUT2D eigenvalue weighted by Crippen LogP contribution is 2.28. The molecule has 0 aromatic heterocycles. The fourth-order valence-corrected chi connectivity index (χ4v) is 3.25. The summed E-state index contributed by atoms with van der Waals surface area (Å²) in [7, 11) is -0.662. The van der Waals surface area contributed by atoms with Crippen molar-refractivity contribution in [3.05, 3.63) is 48.0 Å². The minimum absolute atomic E-state index is 0.0319. The molecule has 2 aromatic carbocycles. The third-order valence-electron chi connectivity index (χ3n) is 3.63. The molecule has 5 nitrogen and oxygen atoms in total. The van der Waals surface area contributed by atoms with Crippen molar-refractivity contribution in [2.75, 3.05) is 18.9 Å². The molecule has 1 N–H and O–H groups in total. The molecule has 0 amide bonds. The zero-order valence-electron chi connectivity index (χ0n) is 14.6. The van der Waals surface area contributed by atoms with E-state index in [-0.39, 0.29) is 10.3 Å². The van der Waals surface area contributed by atoms with Crippen molar-refractivity contribution in [1.29, 1.82) is 0 Å². The van der Waals surface area contributed by atoms with Crippen molar-refractivity contribution in [3.8, 4) is 11.5 Å². The van der Waals surface area contributed by atoms with E-state index in [4.69, 9.17) is 9.47 Å². The Morgan fingerprint density at radius 2 is 1.38 bits per heavy atom. The minimum Gasteiger partial charge on any atom is -0.497 e. The van der Waals surface area contributed by atoms with E-state index in [1.165, 1.54) is 14.2 Å². The third-order valence-corrected chi connectivity index (χ3v) is 5.03. The van der Waals surface area contributed by atoms with Crippen LogP contribution in [0.5, 0.6) is 11.5 Å². The molecule has 130 valence electrons. The highest BCUT2D eigenvalue weighted by atomic mass is 32.2. The van der Waals surface area contributed by atoms with E-state index < -0.39 is 10.0 Å². The molecular weight excluding hydrogens is 326 g/mol. The monoisotopic (exact) mass is 349 g/mol. The molecule has 0 saturated carbocycles. The van der Waals surface area contributed by atoms with Crippen molar-refractivity contribution < 1.29 is 17.9 Å². The van der Waals surface area contributed by atoms with E-state index in [2.05, 4.69) is 25.5 Å². The Balaban J connectivity index is 2.31. The maximum atomic E-state index is 12.6. The van der Waals surface area contributed by atoms with Gasteiger partial charge in [0.2, 0.25) is 0 Å². The maximum absolute atomic E-state index is 12.6. The molecule has 6 heteroatoms. The van der Waals surface area contributed by atoms with Gasteiger partial charge in [0, 0.05) is 18.2 Å². The summed E-state index contributed by atoms with van der Waals surface area (Å²) in [6.45, 7) is 6.24. The van der Waals surface area contributed by atoms with E-state index >= 15 is 0 Å². The van der Waals surface area contributed by atoms with Gasteiger partial charge in [0.15, 0.2) is 0 Å². The van der Waals surface area contributed by atoms with Crippen molar-refractivity contribution in [3.63, 3.8) is 0 Å². The summed E-state index contributed by atoms with van der Waals surface area (Å²) >= 11 is 0. The number of rotatable bonds is 5. The van der Waals surface area contributed by atoms with Crippen molar-refractivity contribution >= 4 is 15.7 Å². The number of sulfonamides is 1. The van der Waals surface area contributed by atoms with Gasteiger partial charge in [0.25, 0.3) is 10.0 Å². The number of benzene rings is 2. The van der Waals surface area contributed by atoms with E-state index in [0.29, 0.717) is 17.2 Å². The van der Waals surface area contributed by atoms with Crippen LogP contribution in [0.25, 0.3) is 0 Å². The number of methoxy groups -OCH3 is 2. The first-order valence-electron chi connectivity index (χ1n) is 7.52. The van der Waals surface area contributed by atoms with Gasteiger partial charge in [-0.2, -0.15) is 0 Å². The number of ether oxygens (including phenoxy) is 2. The molecule has 0 aliphatic carbocycles. The molecule has 0 aliphatic heterocycles. The Morgan fingerprint density at radius 1 is 0.875 bits per heavy atom. The van der Waals surface area contributed by atoms with Crippen LogP contribution in [0.4, 0.5) is 5.69 Å². The van der Waals surface area contributed by atoms with E-state index in [9.17, 15) is 8.42 Å². The Labute approximate surface area is 143 Å². The van der Waals surface area contributed by atoms with Gasteiger partial charge in [-0.1, -0.05) is 32.9 Å². The first kappa shape index (κ1) is 18.1. The largest absolute Gasteiger partial charge is 0.497 e. The molecule has 0 fully saturated rings. The van der Waals surface area contributed by atoms with Crippen molar-refractivity contribution in [2.45, 2.75) is 31.1 Å². The quantitative estimate of drug-likeness (QED) is 0.892. The maximum Gasteiger partial charge on any atom is 0.261 e. The molecule has 0 spiro atoms. The van der Waals surface area contributed by atoms with Gasteiger partial charge >= 0.3 is 0 Å². The van der Waals surface area contributed by atoms with E-state index in [1.54, 1.807) is 30.3 Å². The molecule has 0 atom stereocenters. The molecule has 0 heterocycles. The molecule has 0 radical (unpaired) electrons. The molecule has 0 saturated heterocycles. The Bertz CT molecular complexity index is 784. The SMILES string of the molecule is COc1cc(NS(=O)(=O)c2ccc(C(C)(C)C)cc2)cc(OC)c1. The van der Waals surface area contributed by atoms with Crippen LogP contribution >= 0.6 is 0 Å². The topological polar surface area (TPSA) is 64.6 Å². The fraction of sp³-hybridized carbons (Fsp3) is 0.333.